The summed E-state index contributed by atoms with van der Waals surface area (Å²) < 4.78 is 22.7. The topological polar surface area (TPSA) is 91.3 Å². The molecule has 1 aliphatic rings. The largest absolute Gasteiger partial charge is 0.493 e. The third-order valence-electron chi connectivity index (χ3n) is 6.15. The summed E-state index contributed by atoms with van der Waals surface area (Å²) >= 11 is 0. The van der Waals surface area contributed by atoms with Crippen LogP contribution in [-0.4, -0.2) is 37.9 Å². The van der Waals surface area contributed by atoms with Crippen molar-refractivity contribution in [1.82, 2.24) is 0 Å². The van der Waals surface area contributed by atoms with Crippen LogP contribution in [0.3, 0.4) is 0 Å². The van der Waals surface area contributed by atoms with Crippen LogP contribution in [0.15, 0.2) is 30.3 Å². The second-order valence-corrected chi connectivity index (χ2v) is 9.02. The number of aliphatic carboxylic acids is 1. The summed E-state index contributed by atoms with van der Waals surface area (Å²) in [7, 11) is 3.12. The molecule has 0 saturated carbocycles. The Hall–Kier alpha value is -3.22. The lowest BCUT2D eigenvalue weighted by Gasteiger charge is -2.27. The molecule has 33 heavy (non-hydrogen) atoms. The van der Waals surface area contributed by atoms with Crippen LogP contribution in [-0.2, 0) is 16.1 Å². The Kier molecular flexibility index (Phi) is 7.51. The third kappa shape index (κ3) is 5.24. The van der Waals surface area contributed by atoms with Gasteiger partial charge in [0.2, 0.25) is 5.75 Å². The molecular weight excluding hydrogens is 424 g/mol. The zero-order valence-electron chi connectivity index (χ0n) is 19.9. The van der Waals surface area contributed by atoms with Crippen molar-refractivity contribution in [2.24, 2.45) is 11.3 Å². The average molecular weight is 457 g/mol. The van der Waals surface area contributed by atoms with Gasteiger partial charge in [-0.25, -0.2) is 4.79 Å². The van der Waals surface area contributed by atoms with E-state index >= 15 is 0 Å². The molecule has 0 saturated heterocycles. The SMILES string of the molecule is CCC(CCC(C)(C)COc1c(-c2cccc3c2COC3=O)ccc(OC)c1OC)C(=O)O. The van der Waals surface area contributed by atoms with Crippen molar-refractivity contribution in [2.75, 3.05) is 20.8 Å². The monoisotopic (exact) mass is 456 g/mol. The van der Waals surface area contributed by atoms with Gasteiger partial charge < -0.3 is 24.1 Å². The number of carbonyl (C=O) groups excluding carboxylic acids is 1. The first-order valence-corrected chi connectivity index (χ1v) is 11.1. The number of esters is 1. The molecule has 0 radical (unpaired) electrons. The highest BCUT2D eigenvalue weighted by molar-refractivity contribution is 5.96. The summed E-state index contributed by atoms with van der Waals surface area (Å²) in [4.78, 5) is 23.5. The highest BCUT2D eigenvalue weighted by Crippen LogP contribution is 2.47. The molecule has 1 unspecified atom stereocenters. The van der Waals surface area contributed by atoms with E-state index in [1.165, 1.54) is 0 Å². The molecule has 0 fully saturated rings. The molecular formula is C26H32O7. The summed E-state index contributed by atoms with van der Waals surface area (Å²) in [5, 5.41) is 9.37. The molecule has 1 atom stereocenters. The first-order chi connectivity index (χ1) is 15.7. The zero-order valence-corrected chi connectivity index (χ0v) is 19.9. The van der Waals surface area contributed by atoms with E-state index in [1.807, 2.05) is 31.2 Å². The van der Waals surface area contributed by atoms with E-state index in [9.17, 15) is 14.7 Å². The first kappa shape index (κ1) is 24.4. The third-order valence-corrected chi connectivity index (χ3v) is 6.15. The van der Waals surface area contributed by atoms with Crippen LogP contribution in [0.25, 0.3) is 11.1 Å². The molecule has 0 aliphatic carbocycles. The molecule has 2 aromatic rings. The van der Waals surface area contributed by atoms with Crippen molar-refractivity contribution in [3.05, 3.63) is 41.5 Å². The van der Waals surface area contributed by atoms with Gasteiger partial charge in [-0.15, -0.1) is 0 Å². The number of carboxylic acids is 1. The number of cyclic esters (lactones) is 1. The second kappa shape index (κ2) is 10.1. The van der Waals surface area contributed by atoms with Crippen molar-refractivity contribution in [2.45, 2.75) is 46.6 Å². The summed E-state index contributed by atoms with van der Waals surface area (Å²) in [6.07, 6.45) is 1.87. The Balaban J connectivity index is 1.94. The van der Waals surface area contributed by atoms with Crippen LogP contribution < -0.4 is 14.2 Å². The van der Waals surface area contributed by atoms with Crippen LogP contribution in [0.1, 0.15) is 56.0 Å². The first-order valence-electron chi connectivity index (χ1n) is 11.1. The van der Waals surface area contributed by atoms with Gasteiger partial charge in [0, 0.05) is 11.1 Å². The molecule has 178 valence electrons. The van der Waals surface area contributed by atoms with Crippen LogP contribution in [0.2, 0.25) is 0 Å². The van der Waals surface area contributed by atoms with Gasteiger partial charge in [0.15, 0.2) is 11.5 Å². The van der Waals surface area contributed by atoms with E-state index < -0.39 is 5.97 Å². The van der Waals surface area contributed by atoms with Crippen molar-refractivity contribution in [3.63, 3.8) is 0 Å². The van der Waals surface area contributed by atoms with Gasteiger partial charge in [-0.1, -0.05) is 32.9 Å². The molecule has 0 amide bonds. The average Bonchev–Trinajstić information content (AvgIpc) is 3.18. The van der Waals surface area contributed by atoms with Gasteiger partial charge in [-0.05, 0) is 48.4 Å². The second-order valence-electron chi connectivity index (χ2n) is 9.02. The molecule has 1 aliphatic heterocycles. The van der Waals surface area contributed by atoms with E-state index in [0.29, 0.717) is 48.7 Å². The quantitative estimate of drug-likeness (QED) is 0.457. The Morgan fingerprint density at radius 2 is 1.82 bits per heavy atom. The molecule has 7 nitrogen and oxygen atoms in total. The molecule has 0 spiro atoms. The Labute approximate surface area is 194 Å². The number of carboxylic acid groups (broad SMARTS) is 1. The minimum atomic E-state index is -0.763. The maximum absolute atomic E-state index is 12.1. The molecule has 1 N–H and O–H groups in total. The van der Waals surface area contributed by atoms with Crippen LogP contribution in [0.4, 0.5) is 0 Å². The van der Waals surface area contributed by atoms with E-state index in [-0.39, 0.29) is 23.9 Å². The van der Waals surface area contributed by atoms with Crippen LogP contribution >= 0.6 is 0 Å². The van der Waals surface area contributed by atoms with Crippen LogP contribution in [0, 0.1) is 11.3 Å². The zero-order chi connectivity index (χ0) is 24.2. The number of fused-ring (bicyclic) bond motifs is 1. The minimum Gasteiger partial charge on any atom is -0.493 e. The molecule has 1 heterocycles. The summed E-state index contributed by atoms with van der Waals surface area (Å²) in [5.74, 6) is 0.0515. The van der Waals surface area contributed by atoms with Gasteiger partial charge in [0.05, 0.1) is 32.3 Å². The lowest BCUT2D eigenvalue weighted by atomic mass is 9.84. The minimum absolute atomic E-state index is 0.206. The number of benzene rings is 2. The van der Waals surface area contributed by atoms with Gasteiger partial charge in [0.1, 0.15) is 6.61 Å². The Morgan fingerprint density at radius 3 is 2.45 bits per heavy atom. The summed E-state index contributed by atoms with van der Waals surface area (Å²) in [6.45, 7) is 6.56. The molecule has 7 heteroatoms. The van der Waals surface area contributed by atoms with Crippen molar-refractivity contribution in [1.29, 1.82) is 0 Å². The number of carbonyl (C=O) groups is 2. The fourth-order valence-electron chi connectivity index (χ4n) is 4.06. The predicted molar refractivity (Wildman–Crippen MR) is 124 cm³/mol. The van der Waals surface area contributed by atoms with E-state index in [1.54, 1.807) is 20.3 Å². The van der Waals surface area contributed by atoms with Crippen molar-refractivity contribution < 1.29 is 33.6 Å². The molecule has 0 bridgehead atoms. The van der Waals surface area contributed by atoms with E-state index in [2.05, 4.69) is 13.8 Å². The van der Waals surface area contributed by atoms with Gasteiger partial charge >= 0.3 is 11.9 Å². The van der Waals surface area contributed by atoms with Crippen molar-refractivity contribution >= 4 is 11.9 Å². The fourth-order valence-corrected chi connectivity index (χ4v) is 4.06. The van der Waals surface area contributed by atoms with Crippen LogP contribution in [0.5, 0.6) is 17.2 Å². The molecule has 0 aromatic heterocycles. The standard InChI is InChI=1S/C26H32O7/c1-6-16(24(27)28)12-13-26(2,3)15-33-22-18(10-11-21(30-4)23(22)31-5)17-8-7-9-19-20(17)14-32-25(19)29/h7-11,16H,6,12-15H2,1-5H3,(H,27,28). The Bertz CT molecular complexity index is 1030. The normalized spacial score (nSPS) is 13.8. The van der Waals surface area contributed by atoms with Gasteiger partial charge in [0.25, 0.3) is 0 Å². The molecule has 3 rings (SSSR count). The predicted octanol–water partition coefficient (Wildman–Crippen LogP) is 5.34. The fraction of sp³-hybridized carbons (Fsp3) is 0.462. The highest BCUT2D eigenvalue weighted by atomic mass is 16.5. The van der Waals surface area contributed by atoms with Gasteiger partial charge in [-0.2, -0.15) is 0 Å². The number of hydrogen-bond donors (Lipinski definition) is 1. The number of rotatable bonds is 11. The maximum atomic E-state index is 12.1. The number of hydrogen-bond acceptors (Lipinski definition) is 6. The summed E-state index contributed by atoms with van der Waals surface area (Å²) in [5.41, 5.74) is 2.70. The van der Waals surface area contributed by atoms with Gasteiger partial charge in [-0.3, -0.25) is 4.79 Å². The maximum Gasteiger partial charge on any atom is 0.338 e. The van der Waals surface area contributed by atoms with Crippen molar-refractivity contribution in [3.8, 4) is 28.4 Å². The van der Waals surface area contributed by atoms with E-state index in [4.69, 9.17) is 18.9 Å². The lowest BCUT2D eigenvalue weighted by Crippen LogP contribution is -2.24. The molecule has 2 aromatic carbocycles. The Morgan fingerprint density at radius 1 is 1.09 bits per heavy atom. The van der Waals surface area contributed by atoms with E-state index in [0.717, 1.165) is 16.7 Å². The highest BCUT2D eigenvalue weighted by Gasteiger charge is 2.29. The smallest absolute Gasteiger partial charge is 0.338 e. The lowest BCUT2D eigenvalue weighted by molar-refractivity contribution is -0.142. The number of ether oxygens (including phenoxy) is 4. The summed E-state index contributed by atoms with van der Waals surface area (Å²) in [6, 6.07) is 9.20. The number of methoxy groups -OCH3 is 2.